The van der Waals surface area contributed by atoms with Gasteiger partial charge < -0.3 is 14.9 Å². The molecule has 0 aromatic heterocycles. The Balaban J connectivity index is 1.35. The number of benzene rings is 2. The molecule has 2 aliphatic heterocycles. The number of rotatable bonds is 4. The molecule has 6 heteroatoms. The minimum Gasteiger partial charge on any atom is -0.478 e. The van der Waals surface area contributed by atoms with Crippen molar-refractivity contribution in [3.8, 4) is 0 Å². The first-order chi connectivity index (χ1) is 17.1. The van der Waals surface area contributed by atoms with Crippen molar-refractivity contribution in [1.29, 1.82) is 0 Å². The van der Waals surface area contributed by atoms with Gasteiger partial charge in [0.1, 0.15) is 5.92 Å². The van der Waals surface area contributed by atoms with Crippen LogP contribution in [0.4, 0.5) is 5.69 Å². The quantitative estimate of drug-likeness (QED) is 0.488. The van der Waals surface area contributed by atoms with E-state index >= 15 is 0 Å². The fourth-order valence-corrected chi connectivity index (χ4v) is 6.36. The van der Waals surface area contributed by atoms with Gasteiger partial charge in [0.25, 0.3) is 0 Å². The normalized spacial score (nSPS) is 25.2. The molecule has 1 N–H and O–H groups in total. The van der Waals surface area contributed by atoms with Crippen molar-refractivity contribution in [3.63, 3.8) is 0 Å². The number of amides is 2. The van der Waals surface area contributed by atoms with Crippen molar-refractivity contribution in [2.24, 2.45) is 16.7 Å². The highest BCUT2D eigenvalue weighted by molar-refractivity contribution is 6.09. The fraction of sp³-hybridized carbons (Fsp3) is 0.367. The lowest BCUT2D eigenvalue weighted by atomic mass is 9.58. The van der Waals surface area contributed by atoms with Crippen LogP contribution in [0.1, 0.15) is 49.5 Å². The molecule has 2 heterocycles. The zero-order chi connectivity index (χ0) is 25.7. The van der Waals surface area contributed by atoms with E-state index in [9.17, 15) is 19.5 Å². The molecule has 1 saturated heterocycles. The number of carboxylic acids is 1. The topological polar surface area (TPSA) is 77.9 Å². The van der Waals surface area contributed by atoms with Crippen LogP contribution < -0.4 is 4.90 Å². The summed E-state index contributed by atoms with van der Waals surface area (Å²) < 4.78 is 0. The molecule has 1 unspecified atom stereocenters. The van der Waals surface area contributed by atoms with Crippen molar-refractivity contribution in [2.45, 2.75) is 33.6 Å². The van der Waals surface area contributed by atoms with Gasteiger partial charge in [-0.05, 0) is 48.2 Å². The molecule has 2 amide bonds. The van der Waals surface area contributed by atoms with Crippen LogP contribution in [0.15, 0.2) is 72.3 Å². The zero-order valence-corrected chi connectivity index (χ0v) is 21.0. The van der Waals surface area contributed by atoms with E-state index in [1.165, 1.54) is 11.1 Å². The number of anilines is 1. The first-order valence-corrected chi connectivity index (χ1v) is 12.5. The average molecular weight is 485 g/mol. The Bertz CT molecular complexity index is 1280. The second kappa shape index (κ2) is 8.77. The molecule has 2 atom stereocenters. The van der Waals surface area contributed by atoms with E-state index in [0.29, 0.717) is 26.1 Å². The summed E-state index contributed by atoms with van der Waals surface area (Å²) in [7, 11) is 0. The lowest BCUT2D eigenvalue weighted by molar-refractivity contribution is -0.140. The molecule has 0 bridgehead atoms. The second-order valence-corrected chi connectivity index (χ2v) is 10.9. The van der Waals surface area contributed by atoms with Gasteiger partial charge in [0.2, 0.25) is 11.8 Å². The maximum absolute atomic E-state index is 13.5. The highest BCUT2D eigenvalue weighted by atomic mass is 16.4. The number of carboxylic acid groups (broad SMARTS) is 1. The molecule has 0 spiro atoms. The average Bonchev–Trinajstić information content (AvgIpc) is 3.24. The molecule has 186 valence electrons. The number of hydrogen-bond donors (Lipinski definition) is 1. The Hall–Kier alpha value is -3.67. The number of nitrogens with zero attached hydrogens (tertiary/aromatic N) is 2. The number of carbonyl (C=O) groups is 3. The lowest BCUT2D eigenvalue weighted by Gasteiger charge is -2.51. The number of aromatic carboxylic acids is 1. The van der Waals surface area contributed by atoms with Gasteiger partial charge in [-0.15, -0.1) is 0 Å². The Kier molecular flexibility index (Phi) is 5.86. The third kappa shape index (κ3) is 3.94. The van der Waals surface area contributed by atoms with Gasteiger partial charge >= 0.3 is 5.97 Å². The molecular formula is C30H32N2O4. The first-order valence-electron chi connectivity index (χ1n) is 12.5. The maximum Gasteiger partial charge on any atom is 0.335 e. The molecule has 2 aromatic rings. The van der Waals surface area contributed by atoms with Gasteiger partial charge in [0.15, 0.2) is 0 Å². The van der Waals surface area contributed by atoms with Crippen molar-refractivity contribution >= 4 is 29.0 Å². The van der Waals surface area contributed by atoms with Crippen LogP contribution in [-0.2, 0) is 9.59 Å². The van der Waals surface area contributed by atoms with Gasteiger partial charge in [-0.2, -0.15) is 0 Å². The summed E-state index contributed by atoms with van der Waals surface area (Å²) in [6, 6.07) is 16.6. The van der Waals surface area contributed by atoms with Crippen LogP contribution in [0.3, 0.4) is 0 Å². The Morgan fingerprint density at radius 3 is 2.33 bits per heavy atom. The molecule has 1 aliphatic carbocycles. The molecule has 0 saturated carbocycles. The Morgan fingerprint density at radius 2 is 1.67 bits per heavy atom. The Morgan fingerprint density at radius 1 is 0.972 bits per heavy atom. The van der Waals surface area contributed by atoms with Crippen LogP contribution >= 0.6 is 0 Å². The van der Waals surface area contributed by atoms with E-state index in [4.69, 9.17) is 0 Å². The minimum atomic E-state index is -0.932. The van der Waals surface area contributed by atoms with E-state index in [1.54, 1.807) is 17.0 Å². The molecule has 2 aromatic carbocycles. The van der Waals surface area contributed by atoms with Crippen LogP contribution in [-0.4, -0.2) is 47.4 Å². The number of allylic oxidation sites excluding steroid dienone is 2. The highest BCUT2D eigenvalue weighted by Gasteiger charge is 2.48. The largest absolute Gasteiger partial charge is 0.478 e. The molecule has 6 nitrogen and oxygen atoms in total. The van der Waals surface area contributed by atoms with E-state index in [1.807, 2.05) is 47.4 Å². The summed E-state index contributed by atoms with van der Waals surface area (Å²) in [6.45, 7) is 8.23. The van der Waals surface area contributed by atoms with Crippen LogP contribution in [0.2, 0.25) is 0 Å². The molecular weight excluding hydrogens is 452 g/mol. The van der Waals surface area contributed by atoms with E-state index in [-0.39, 0.29) is 28.2 Å². The molecule has 36 heavy (non-hydrogen) atoms. The summed E-state index contributed by atoms with van der Waals surface area (Å²) in [4.78, 5) is 41.5. The number of hydrogen-bond acceptors (Lipinski definition) is 3. The van der Waals surface area contributed by atoms with Gasteiger partial charge in [-0.1, -0.05) is 68.8 Å². The SMILES string of the molecule is CC1(C)C(c2ccc(C(=O)O)cc2)=CC[C@]2(C)CN(C(=O)C3CCN(c4ccccc4)C3=O)CC=C12. The molecule has 3 aliphatic rings. The Labute approximate surface area is 211 Å². The summed E-state index contributed by atoms with van der Waals surface area (Å²) >= 11 is 0. The summed E-state index contributed by atoms with van der Waals surface area (Å²) in [6.07, 6.45) is 5.72. The first kappa shape index (κ1) is 24.0. The monoisotopic (exact) mass is 484 g/mol. The van der Waals surface area contributed by atoms with Crippen molar-refractivity contribution in [2.75, 3.05) is 24.5 Å². The van der Waals surface area contributed by atoms with Crippen LogP contribution in [0.25, 0.3) is 5.57 Å². The second-order valence-electron chi connectivity index (χ2n) is 10.9. The minimum absolute atomic E-state index is 0.0770. The fourth-order valence-electron chi connectivity index (χ4n) is 6.36. The third-order valence-corrected chi connectivity index (χ3v) is 8.14. The number of fused-ring (bicyclic) bond motifs is 1. The zero-order valence-electron chi connectivity index (χ0n) is 21.0. The summed E-state index contributed by atoms with van der Waals surface area (Å²) in [5, 5.41) is 9.23. The lowest BCUT2D eigenvalue weighted by Crippen LogP contribution is -2.51. The molecule has 5 rings (SSSR count). The predicted octanol–water partition coefficient (Wildman–Crippen LogP) is 5.03. The van der Waals surface area contributed by atoms with Gasteiger partial charge in [-0.3, -0.25) is 9.59 Å². The highest BCUT2D eigenvalue weighted by Crippen LogP contribution is 2.55. The van der Waals surface area contributed by atoms with Crippen molar-refractivity contribution in [3.05, 3.63) is 83.4 Å². The van der Waals surface area contributed by atoms with Crippen molar-refractivity contribution < 1.29 is 19.5 Å². The van der Waals surface area contributed by atoms with E-state index in [2.05, 4.69) is 32.9 Å². The maximum atomic E-state index is 13.5. The number of carbonyl (C=O) groups excluding carboxylic acids is 2. The van der Waals surface area contributed by atoms with Crippen LogP contribution in [0.5, 0.6) is 0 Å². The smallest absolute Gasteiger partial charge is 0.335 e. The summed E-state index contributed by atoms with van der Waals surface area (Å²) in [5.41, 5.74) is 4.12. The summed E-state index contributed by atoms with van der Waals surface area (Å²) in [5.74, 6) is -1.74. The van der Waals surface area contributed by atoms with Crippen molar-refractivity contribution in [1.82, 2.24) is 4.90 Å². The van der Waals surface area contributed by atoms with E-state index in [0.717, 1.165) is 17.7 Å². The number of para-hydroxylation sites is 1. The predicted molar refractivity (Wildman–Crippen MR) is 139 cm³/mol. The van der Waals surface area contributed by atoms with Gasteiger partial charge in [-0.25, -0.2) is 4.79 Å². The molecule has 0 radical (unpaired) electrons. The van der Waals surface area contributed by atoms with E-state index < -0.39 is 11.9 Å². The van der Waals surface area contributed by atoms with Gasteiger partial charge in [0, 0.05) is 36.2 Å². The molecule has 1 fully saturated rings. The third-order valence-electron chi connectivity index (χ3n) is 8.14. The van der Waals surface area contributed by atoms with Crippen LogP contribution in [0, 0.1) is 16.7 Å². The standard InChI is InChI=1S/C30H32N2O4/c1-29(2)24(20-9-11-21(12-10-20)28(35)36)13-16-30(3)19-31(17-15-25(29)30)26(33)23-14-18-32(27(23)34)22-7-5-4-6-8-22/h4-13,15,23H,14,16-19H2,1-3H3,(H,35,36)/t23?,30-/m1/s1. The van der Waals surface area contributed by atoms with Gasteiger partial charge in [0.05, 0.1) is 5.56 Å².